The number of benzene rings is 3. The van der Waals surface area contributed by atoms with Gasteiger partial charge in [-0.05, 0) is 61.4 Å². The summed E-state index contributed by atoms with van der Waals surface area (Å²) in [7, 11) is 0. The lowest BCUT2D eigenvalue weighted by Gasteiger charge is -2.33. The van der Waals surface area contributed by atoms with Crippen LogP contribution in [0.15, 0.2) is 36.4 Å². The van der Waals surface area contributed by atoms with Crippen molar-refractivity contribution in [1.29, 1.82) is 0 Å². The summed E-state index contributed by atoms with van der Waals surface area (Å²) in [6.45, 7) is 1.98. The molecule has 0 aliphatic heterocycles. The van der Waals surface area contributed by atoms with E-state index < -0.39 is 87.0 Å². The van der Waals surface area contributed by atoms with Gasteiger partial charge in [0.05, 0.1) is 5.92 Å². The van der Waals surface area contributed by atoms with E-state index in [-0.39, 0.29) is 37.1 Å². The summed E-state index contributed by atoms with van der Waals surface area (Å²) in [5.41, 5.74) is -3.74. The Bertz CT molecular complexity index is 1400. The van der Waals surface area contributed by atoms with Gasteiger partial charge in [-0.1, -0.05) is 19.8 Å². The monoisotopic (exact) mass is 612 g/mol. The molecule has 0 heterocycles. The molecule has 1 fully saturated rings. The van der Waals surface area contributed by atoms with Gasteiger partial charge in [-0.25, -0.2) is 26.3 Å². The Balaban J connectivity index is 1.57. The fourth-order valence-corrected chi connectivity index (χ4v) is 5.06. The van der Waals surface area contributed by atoms with Crippen molar-refractivity contribution in [2.24, 2.45) is 11.8 Å². The van der Waals surface area contributed by atoms with Crippen molar-refractivity contribution in [3.8, 4) is 22.6 Å². The highest BCUT2D eigenvalue weighted by molar-refractivity contribution is 5.66. The minimum atomic E-state index is -4.91. The van der Waals surface area contributed by atoms with Gasteiger partial charge in [0.2, 0.25) is 5.82 Å². The van der Waals surface area contributed by atoms with E-state index in [2.05, 4.69) is 9.47 Å². The minimum Gasteiger partial charge on any atom is -0.429 e. The summed E-state index contributed by atoms with van der Waals surface area (Å²) in [4.78, 5) is 0. The predicted octanol–water partition coefficient (Wildman–Crippen LogP) is 10.0. The summed E-state index contributed by atoms with van der Waals surface area (Å²) >= 11 is 0. The standard InChI is InChI=1S/C29H23F11O2/c1-2-3-14-4-6-16(7-5-14)28(37,38)42-23-9-8-18(25(34)27(23)36)15-10-19(30)24(20(31)11-15)29(39,40)41-17-12-21(32)26(35)22(33)13-17/h8-14,16H,2-7H2,1H3. The highest BCUT2D eigenvalue weighted by Crippen LogP contribution is 2.43. The Morgan fingerprint density at radius 1 is 0.690 bits per heavy atom. The van der Waals surface area contributed by atoms with E-state index >= 15 is 0 Å². The Hall–Kier alpha value is -3.51. The lowest BCUT2D eigenvalue weighted by atomic mass is 9.79. The molecule has 13 heteroatoms. The van der Waals surface area contributed by atoms with E-state index in [1.54, 1.807) is 0 Å². The molecule has 0 N–H and O–H groups in total. The molecule has 0 bridgehead atoms. The molecule has 0 radical (unpaired) electrons. The molecule has 1 aliphatic rings. The Kier molecular flexibility index (Phi) is 8.98. The second kappa shape index (κ2) is 12.0. The third-order valence-corrected chi connectivity index (χ3v) is 7.16. The molecule has 42 heavy (non-hydrogen) atoms. The Labute approximate surface area is 233 Å². The zero-order valence-electron chi connectivity index (χ0n) is 21.8. The summed E-state index contributed by atoms with van der Waals surface area (Å²) in [5.74, 6) is -17.1. The predicted molar refractivity (Wildman–Crippen MR) is 128 cm³/mol. The number of halogens is 11. The maximum Gasteiger partial charge on any atom is 0.432 e. The van der Waals surface area contributed by atoms with Crippen LogP contribution in [0.1, 0.15) is 51.0 Å². The van der Waals surface area contributed by atoms with Crippen LogP contribution >= 0.6 is 0 Å². The van der Waals surface area contributed by atoms with Crippen molar-refractivity contribution in [3.05, 3.63) is 82.7 Å². The van der Waals surface area contributed by atoms with E-state index in [0.29, 0.717) is 30.9 Å². The molecular weight excluding hydrogens is 589 g/mol. The van der Waals surface area contributed by atoms with Crippen LogP contribution < -0.4 is 9.47 Å². The van der Waals surface area contributed by atoms with E-state index in [4.69, 9.17) is 0 Å². The van der Waals surface area contributed by atoms with Gasteiger partial charge in [0.1, 0.15) is 22.9 Å². The highest BCUT2D eigenvalue weighted by Gasteiger charge is 2.45. The summed E-state index contributed by atoms with van der Waals surface area (Å²) in [6.07, 6.45) is -5.66. The molecule has 1 aliphatic carbocycles. The third kappa shape index (κ3) is 6.44. The van der Waals surface area contributed by atoms with Crippen molar-refractivity contribution in [1.82, 2.24) is 0 Å². The van der Waals surface area contributed by atoms with Gasteiger partial charge in [-0.15, -0.1) is 0 Å². The van der Waals surface area contributed by atoms with Crippen LogP contribution in [0.5, 0.6) is 11.5 Å². The molecular formula is C29H23F11O2. The molecule has 3 aromatic carbocycles. The van der Waals surface area contributed by atoms with Crippen LogP contribution in [0.2, 0.25) is 0 Å². The summed E-state index contributed by atoms with van der Waals surface area (Å²) in [6, 6.07) is 1.68. The number of alkyl halides is 4. The topological polar surface area (TPSA) is 18.5 Å². The first-order chi connectivity index (χ1) is 19.6. The van der Waals surface area contributed by atoms with Crippen LogP contribution in [0.4, 0.5) is 48.3 Å². The van der Waals surface area contributed by atoms with Gasteiger partial charge in [0.25, 0.3) is 0 Å². The molecule has 2 nitrogen and oxygen atoms in total. The van der Waals surface area contributed by atoms with Gasteiger partial charge in [-0.3, -0.25) is 0 Å². The number of hydrogen-bond acceptors (Lipinski definition) is 2. The summed E-state index contributed by atoms with van der Waals surface area (Å²) in [5, 5.41) is 0. The lowest BCUT2D eigenvalue weighted by Crippen LogP contribution is -2.37. The Morgan fingerprint density at radius 3 is 1.81 bits per heavy atom. The van der Waals surface area contributed by atoms with E-state index in [1.165, 1.54) is 0 Å². The Morgan fingerprint density at radius 2 is 1.26 bits per heavy atom. The third-order valence-electron chi connectivity index (χ3n) is 7.16. The SMILES string of the molecule is CCCC1CCC(C(F)(F)Oc2ccc(-c3cc(F)c(C(F)(F)Oc4cc(F)c(F)c(F)c4)c(F)c3)c(F)c2F)CC1. The molecule has 0 saturated heterocycles. The van der Waals surface area contributed by atoms with Gasteiger partial charge in [0, 0.05) is 17.7 Å². The van der Waals surface area contributed by atoms with Crippen molar-refractivity contribution >= 4 is 0 Å². The average Bonchev–Trinajstić information content (AvgIpc) is 2.89. The molecule has 0 atom stereocenters. The van der Waals surface area contributed by atoms with E-state index in [9.17, 15) is 48.3 Å². The second-order valence-electron chi connectivity index (χ2n) is 10.0. The second-order valence-corrected chi connectivity index (χ2v) is 10.0. The molecule has 4 rings (SSSR count). The van der Waals surface area contributed by atoms with E-state index in [1.807, 2.05) is 6.92 Å². The fourth-order valence-electron chi connectivity index (χ4n) is 5.06. The molecule has 0 amide bonds. The maximum absolute atomic E-state index is 14.9. The van der Waals surface area contributed by atoms with Gasteiger partial charge >= 0.3 is 12.2 Å². The highest BCUT2D eigenvalue weighted by atomic mass is 19.3. The molecule has 1 saturated carbocycles. The zero-order chi connectivity index (χ0) is 31.0. The van der Waals surface area contributed by atoms with Gasteiger partial charge in [0.15, 0.2) is 29.0 Å². The van der Waals surface area contributed by atoms with Crippen molar-refractivity contribution in [2.45, 2.75) is 57.7 Å². The average molecular weight is 612 g/mol. The number of hydrogen-bond donors (Lipinski definition) is 0. The first kappa shape index (κ1) is 31.4. The molecule has 3 aromatic rings. The minimum absolute atomic E-state index is 0.0131. The number of rotatable bonds is 9. The normalized spacial score (nSPS) is 17.8. The van der Waals surface area contributed by atoms with Gasteiger partial charge < -0.3 is 9.47 Å². The van der Waals surface area contributed by atoms with Crippen molar-refractivity contribution in [3.63, 3.8) is 0 Å². The van der Waals surface area contributed by atoms with Crippen LogP contribution in [-0.2, 0) is 6.11 Å². The summed E-state index contributed by atoms with van der Waals surface area (Å²) < 4.78 is 166. The first-order valence-electron chi connectivity index (χ1n) is 12.9. The largest absolute Gasteiger partial charge is 0.432 e. The molecule has 0 aromatic heterocycles. The van der Waals surface area contributed by atoms with E-state index in [0.717, 1.165) is 12.8 Å². The zero-order valence-corrected chi connectivity index (χ0v) is 21.8. The molecule has 228 valence electrons. The van der Waals surface area contributed by atoms with Crippen LogP contribution in [0, 0.1) is 52.6 Å². The molecule has 0 unspecified atom stereocenters. The van der Waals surface area contributed by atoms with Crippen LogP contribution in [0.25, 0.3) is 11.1 Å². The van der Waals surface area contributed by atoms with Crippen molar-refractivity contribution in [2.75, 3.05) is 0 Å². The van der Waals surface area contributed by atoms with Crippen LogP contribution in [0.3, 0.4) is 0 Å². The smallest absolute Gasteiger partial charge is 0.429 e. The molecule has 0 spiro atoms. The quantitative estimate of drug-likeness (QED) is 0.177. The van der Waals surface area contributed by atoms with Crippen molar-refractivity contribution < 1.29 is 57.8 Å². The van der Waals surface area contributed by atoms with Gasteiger partial charge in [-0.2, -0.15) is 22.0 Å². The number of ether oxygens (including phenoxy) is 2. The first-order valence-corrected chi connectivity index (χ1v) is 12.9. The maximum atomic E-state index is 14.9. The lowest BCUT2D eigenvalue weighted by molar-refractivity contribution is -0.224. The van der Waals surface area contributed by atoms with Crippen LogP contribution in [-0.4, -0.2) is 6.11 Å². The fraction of sp³-hybridized carbons (Fsp3) is 0.379.